The average molecular weight is 468 g/mol. The van der Waals surface area contributed by atoms with E-state index in [1.54, 1.807) is 43.3 Å². The normalized spacial score (nSPS) is 10.9. The van der Waals surface area contributed by atoms with Crippen LogP contribution in [0.4, 0.5) is 5.69 Å². The number of aromatic nitrogens is 2. The second-order valence-corrected chi connectivity index (χ2v) is 7.75. The van der Waals surface area contributed by atoms with E-state index in [1.165, 1.54) is 6.07 Å². The van der Waals surface area contributed by atoms with Crippen LogP contribution in [0.3, 0.4) is 0 Å². The maximum atomic E-state index is 12.6. The average Bonchev–Trinajstić information content (AvgIpc) is 3.09. The molecule has 8 heteroatoms. The van der Waals surface area contributed by atoms with Crippen molar-refractivity contribution < 1.29 is 14.1 Å². The molecule has 0 aliphatic heterocycles. The lowest BCUT2D eigenvalue weighted by atomic mass is 10.1. The highest BCUT2D eigenvalue weighted by atomic mass is 79.9. The number of nitrogens with one attached hydrogen (secondary N) is 1. The van der Waals surface area contributed by atoms with Crippen molar-refractivity contribution >= 4 is 33.2 Å². The molecule has 4 rings (SSSR count). The van der Waals surface area contributed by atoms with Gasteiger partial charge in [0.1, 0.15) is 18.1 Å². The molecule has 0 fully saturated rings. The lowest BCUT2D eigenvalue weighted by Gasteiger charge is -2.13. The molecule has 0 saturated carbocycles. The van der Waals surface area contributed by atoms with Gasteiger partial charge in [0.05, 0.1) is 11.4 Å². The van der Waals surface area contributed by atoms with Crippen LogP contribution >= 0.6 is 15.9 Å². The van der Waals surface area contributed by atoms with E-state index in [2.05, 4.69) is 26.2 Å². The van der Waals surface area contributed by atoms with Gasteiger partial charge < -0.3 is 14.6 Å². The minimum absolute atomic E-state index is 0.0696. The molecule has 1 amide bonds. The zero-order chi connectivity index (χ0) is 21.3. The maximum Gasteiger partial charge on any atom is 0.287 e. The van der Waals surface area contributed by atoms with E-state index in [0.717, 1.165) is 14.6 Å². The fourth-order valence-electron chi connectivity index (χ4n) is 2.96. The zero-order valence-electron chi connectivity index (χ0n) is 16.3. The molecule has 1 N–H and O–H groups in total. The Hall–Kier alpha value is -3.39. The molecule has 0 aliphatic carbocycles. The number of benzene rings is 2. The molecule has 0 aliphatic rings. The second-order valence-electron chi connectivity index (χ2n) is 6.83. The van der Waals surface area contributed by atoms with Crippen LogP contribution in [-0.4, -0.2) is 15.5 Å². The number of nitrogens with zero attached hydrogens (tertiary/aromatic N) is 2. The van der Waals surface area contributed by atoms with Gasteiger partial charge in [-0.1, -0.05) is 22.0 Å². The number of ether oxygens (including phenoxy) is 1. The molecule has 2 aromatic heterocycles. The van der Waals surface area contributed by atoms with Gasteiger partial charge in [0, 0.05) is 22.2 Å². The van der Waals surface area contributed by atoms with Crippen molar-refractivity contribution in [3.8, 4) is 5.75 Å². The molecule has 0 spiro atoms. The van der Waals surface area contributed by atoms with Crippen molar-refractivity contribution in [1.29, 1.82) is 0 Å². The fourth-order valence-corrected chi connectivity index (χ4v) is 3.23. The number of rotatable bonds is 5. The number of hydrogen-bond acceptors (Lipinski definition) is 5. The highest BCUT2D eigenvalue weighted by Crippen LogP contribution is 2.27. The van der Waals surface area contributed by atoms with Crippen LogP contribution in [0.1, 0.15) is 27.4 Å². The topological polar surface area (TPSA) is 85.8 Å². The quantitative estimate of drug-likeness (QED) is 0.466. The Bertz CT molecular complexity index is 1290. The van der Waals surface area contributed by atoms with Gasteiger partial charge in [0.2, 0.25) is 0 Å². The molecule has 2 aromatic carbocycles. The number of carbonyl (C=O) groups is 1. The third-order valence-electron chi connectivity index (χ3n) is 4.39. The molecule has 0 atom stereocenters. The summed E-state index contributed by atoms with van der Waals surface area (Å²) in [7, 11) is 0. The third kappa shape index (κ3) is 4.28. The summed E-state index contributed by atoms with van der Waals surface area (Å²) in [6.07, 6.45) is 0. The van der Waals surface area contributed by atoms with Crippen LogP contribution in [0.25, 0.3) is 5.65 Å². The summed E-state index contributed by atoms with van der Waals surface area (Å²) in [5.74, 6) is 0.829. The Balaban J connectivity index is 1.55. The standard InChI is InChI=1S/C22H18BrN3O4/c1-13-3-8-19(18(9-13)25-22(28)15-4-6-16(23)7-5-15)29-12-17-11-21(27)26-20(24-17)10-14(2)30-26/h3-11H,12H2,1-2H3,(H,25,28). The van der Waals surface area contributed by atoms with Crippen molar-refractivity contribution in [2.75, 3.05) is 5.32 Å². The van der Waals surface area contributed by atoms with Crippen molar-refractivity contribution in [3.63, 3.8) is 0 Å². The van der Waals surface area contributed by atoms with Crippen LogP contribution in [-0.2, 0) is 6.61 Å². The summed E-state index contributed by atoms with van der Waals surface area (Å²) < 4.78 is 13.2. The minimum Gasteiger partial charge on any atom is -0.485 e. The van der Waals surface area contributed by atoms with Crippen molar-refractivity contribution in [2.24, 2.45) is 0 Å². The Morgan fingerprint density at radius 3 is 2.67 bits per heavy atom. The highest BCUT2D eigenvalue weighted by molar-refractivity contribution is 9.10. The number of amides is 1. The monoisotopic (exact) mass is 467 g/mol. The number of anilines is 1. The minimum atomic E-state index is -0.320. The number of halogens is 1. The number of carbonyl (C=O) groups excluding carboxylic acids is 1. The first-order valence-corrected chi connectivity index (χ1v) is 9.98. The van der Waals surface area contributed by atoms with Crippen molar-refractivity contribution in [1.82, 2.24) is 9.56 Å². The van der Waals surface area contributed by atoms with E-state index in [-0.39, 0.29) is 18.1 Å². The molecule has 0 unspecified atom stereocenters. The van der Waals surface area contributed by atoms with Crippen LogP contribution in [0, 0.1) is 13.8 Å². The molecule has 30 heavy (non-hydrogen) atoms. The highest BCUT2D eigenvalue weighted by Gasteiger charge is 2.12. The van der Waals surface area contributed by atoms with Gasteiger partial charge in [-0.05, 0) is 55.8 Å². The molecule has 152 valence electrons. The van der Waals surface area contributed by atoms with E-state index in [9.17, 15) is 9.59 Å². The predicted molar refractivity (Wildman–Crippen MR) is 116 cm³/mol. The third-order valence-corrected chi connectivity index (χ3v) is 4.92. The van der Waals surface area contributed by atoms with E-state index in [1.807, 2.05) is 19.1 Å². The SMILES string of the molecule is Cc1ccc(OCc2cc(=O)n3oc(C)cc3n2)c(NC(=O)c2ccc(Br)cc2)c1. The second kappa shape index (κ2) is 8.16. The van der Waals surface area contributed by atoms with Gasteiger partial charge in [-0.2, -0.15) is 0 Å². The first-order chi connectivity index (χ1) is 14.4. The maximum absolute atomic E-state index is 12.6. The Morgan fingerprint density at radius 2 is 1.90 bits per heavy atom. The lowest BCUT2D eigenvalue weighted by molar-refractivity contribution is 0.102. The molecular formula is C22H18BrN3O4. The first kappa shape index (κ1) is 19.9. The number of fused-ring (bicyclic) bond motifs is 1. The van der Waals surface area contributed by atoms with Gasteiger partial charge in [0.25, 0.3) is 11.5 Å². The van der Waals surface area contributed by atoms with Crippen molar-refractivity contribution in [2.45, 2.75) is 20.5 Å². The van der Waals surface area contributed by atoms with Gasteiger partial charge in [-0.15, -0.1) is 4.57 Å². The van der Waals surface area contributed by atoms with Crippen LogP contribution in [0.15, 0.2) is 68.4 Å². The summed E-state index contributed by atoms with van der Waals surface area (Å²) in [6.45, 7) is 3.74. The van der Waals surface area contributed by atoms with Crippen LogP contribution in [0.2, 0.25) is 0 Å². The molecule has 7 nitrogen and oxygen atoms in total. The van der Waals surface area contributed by atoms with E-state index in [4.69, 9.17) is 9.26 Å². The van der Waals surface area contributed by atoms with E-state index >= 15 is 0 Å². The van der Waals surface area contributed by atoms with Gasteiger partial charge in [0.15, 0.2) is 5.65 Å². The first-order valence-electron chi connectivity index (χ1n) is 9.19. The molecule has 0 radical (unpaired) electrons. The molecule has 4 aromatic rings. The Labute approximate surface area is 180 Å². The van der Waals surface area contributed by atoms with Crippen LogP contribution in [0.5, 0.6) is 5.75 Å². The lowest BCUT2D eigenvalue weighted by Crippen LogP contribution is -2.15. The van der Waals surface area contributed by atoms with Gasteiger partial charge in [-0.3, -0.25) is 9.59 Å². The van der Waals surface area contributed by atoms with E-state index < -0.39 is 0 Å². The van der Waals surface area contributed by atoms with E-state index in [0.29, 0.717) is 34.1 Å². The Morgan fingerprint density at radius 1 is 1.13 bits per heavy atom. The summed E-state index contributed by atoms with van der Waals surface area (Å²) in [5.41, 5.74) is 2.61. The van der Waals surface area contributed by atoms with Crippen molar-refractivity contribution in [3.05, 3.63) is 92.0 Å². The molecule has 2 heterocycles. The fraction of sp³-hybridized carbons (Fsp3) is 0.136. The Kier molecular flexibility index (Phi) is 5.41. The summed E-state index contributed by atoms with van der Waals surface area (Å²) >= 11 is 3.36. The molecule has 0 saturated heterocycles. The summed E-state index contributed by atoms with van der Waals surface area (Å²) in [6, 6.07) is 15.6. The zero-order valence-corrected chi connectivity index (χ0v) is 17.9. The number of aryl methyl sites for hydroxylation is 2. The summed E-state index contributed by atoms with van der Waals surface area (Å²) in [5, 5.41) is 2.89. The predicted octanol–water partition coefficient (Wildman–Crippen LogP) is 4.50. The number of hydrogen-bond donors (Lipinski definition) is 1. The smallest absolute Gasteiger partial charge is 0.287 e. The van der Waals surface area contributed by atoms with Crippen LogP contribution < -0.4 is 15.6 Å². The molecule has 0 bridgehead atoms. The van der Waals surface area contributed by atoms with Gasteiger partial charge in [-0.25, -0.2) is 4.98 Å². The van der Waals surface area contributed by atoms with Gasteiger partial charge >= 0.3 is 0 Å². The largest absolute Gasteiger partial charge is 0.485 e. The summed E-state index contributed by atoms with van der Waals surface area (Å²) in [4.78, 5) is 29.2. The molecular weight excluding hydrogens is 450 g/mol.